The van der Waals surface area contributed by atoms with Crippen molar-refractivity contribution in [3.63, 3.8) is 0 Å². The predicted molar refractivity (Wildman–Crippen MR) is 131 cm³/mol. The van der Waals surface area contributed by atoms with Crippen LogP contribution in [0.1, 0.15) is 30.4 Å². The van der Waals surface area contributed by atoms with E-state index >= 15 is 0 Å². The van der Waals surface area contributed by atoms with Crippen molar-refractivity contribution < 1.29 is 23.8 Å². The Hall–Kier alpha value is -3.64. The van der Waals surface area contributed by atoms with E-state index in [1.54, 1.807) is 12.1 Å². The number of nitrogens with one attached hydrogen (secondary N) is 2. The lowest BCUT2D eigenvalue weighted by Gasteiger charge is -2.26. The molecule has 2 N–H and O–H groups in total. The third kappa shape index (κ3) is 5.46. The van der Waals surface area contributed by atoms with Gasteiger partial charge in [0.1, 0.15) is 0 Å². The second-order valence-corrected chi connectivity index (χ2v) is 8.45. The number of thioether (sulfide) groups is 1. The topological polar surface area (TPSA) is 110 Å². The fourth-order valence-corrected chi connectivity index (χ4v) is 4.67. The average Bonchev–Trinajstić information content (AvgIpc) is 2.86. The second-order valence-electron chi connectivity index (χ2n) is 7.47. The Morgan fingerprint density at radius 3 is 2.44 bits per heavy atom. The average molecular weight is 482 g/mol. The molecule has 0 bridgehead atoms. The molecule has 2 aromatic rings. The van der Waals surface area contributed by atoms with Crippen LogP contribution in [-0.2, 0) is 16.0 Å². The smallest absolute Gasteiger partial charge is 0.234 e. The number of amides is 2. The summed E-state index contributed by atoms with van der Waals surface area (Å²) in [6.45, 7) is 2.02. The van der Waals surface area contributed by atoms with E-state index in [0.717, 1.165) is 29.4 Å². The van der Waals surface area contributed by atoms with Gasteiger partial charge >= 0.3 is 0 Å². The molecule has 1 atom stereocenters. The maximum absolute atomic E-state index is 12.6. The maximum atomic E-state index is 12.6. The van der Waals surface area contributed by atoms with Gasteiger partial charge in [-0.1, -0.05) is 36.9 Å². The van der Waals surface area contributed by atoms with Crippen LogP contribution in [0.25, 0.3) is 0 Å². The van der Waals surface area contributed by atoms with Crippen molar-refractivity contribution in [2.24, 2.45) is 0 Å². The van der Waals surface area contributed by atoms with Gasteiger partial charge in [-0.2, -0.15) is 5.26 Å². The number of hydrogen-bond donors (Lipinski definition) is 2. The van der Waals surface area contributed by atoms with E-state index in [4.69, 9.17) is 14.2 Å². The molecule has 0 unspecified atom stereocenters. The molecule has 178 valence electrons. The molecule has 0 aromatic heterocycles. The summed E-state index contributed by atoms with van der Waals surface area (Å²) in [5.74, 6) is 0.359. The van der Waals surface area contributed by atoms with E-state index in [1.807, 2.05) is 31.2 Å². The number of benzene rings is 2. The van der Waals surface area contributed by atoms with Crippen LogP contribution in [0.15, 0.2) is 47.0 Å². The van der Waals surface area contributed by atoms with Crippen molar-refractivity contribution >= 4 is 29.3 Å². The van der Waals surface area contributed by atoms with Crippen molar-refractivity contribution in [1.82, 2.24) is 5.32 Å². The van der Waals surface area contributed by atoms with Crippen LogP contribution >= 0.6 is 11.8 Å². The number of rotatable bonds is 9. The molecule has 0 spiro atoms. The fraction of sp³-hybridized carbons (Fsp3) is 0.320. The van der Waals surface area contributed by atoms with Crippen molar-refractivity contribution in [2.45, 2.75) is 25.7 Å². The van der Waals surface area contributed by atoms with Gasteiger partial charge in [0, 0.05) is 18.0 Å². The number of para-hydroxylation sites is 1. The number of methoxy groups -OCH3 is 3. The third-order valence-corrected chi connectivity index (χ3v) is 6.48. The Labute approximate surface area is 203 Å². The lowest BCUT2D eigenvalue weighted by molar-refractivity contribution is -0.121. The first-order chi connectivity index (χ1) is 16.4. The summed E-state index contributed by atoms with van der Waals surface area (Å²) < 4.78 is 16.2. The van der Waals surface area contributed by atoms with Gasteiger partial charge in [0.05, 0.1) is 43.8 Å². The van der Waals surface area contributed by atoms with Crippen molar-refractivity contribution in [2.75, 3.05) is 32.4 Å². The first-order valence-electron chi connectivity index (χ1n) is 10.7. The number of carbonyl (C=O) groups excluding carboxylic acids is 2. The van der Waals surface area contributed by atoms with Crippen molar-refractivity contribution in [3.05, 3.63) is 58.1 Å². The molecular weight excluding hydrogens is 454 g/mol. The summed E-state index contributed by atoms with van der Waals surface area (Å²) in [6, 6.07) is 13.3. The van der Waals surface area contributed by atoms with Gasteiger partial charge in [0.25, 0.3) is 0 Å². The van der Waals surface area contributed by atoms with E-state index in [1.165, 1.54) is 21.3 Å². The zero-order chi connectivity index (χ0) is 24.7. The molecule has 8 nitrogen and oxygen atoms in total. The van der Waals surface area contributed by atoms with Crippen molar-refractivity contribution in [3.8, 4) is 23.3 Å². The summed E-state index contributed by atoms with van der Waals surface area (Å²) in [4.78, 5) is 25.1. The number of carbonyl (C=O) groups is 2. The van der Waals surface area contributed by atoms with E-state index in [2.05, 4.69) is 16.7 Å². The van der Waals surface area contributed by atoms with Gasteiger partial charge < -0.3 is 24.8 Å². The Balaban J connectivity index is 1.86. The van der Waals surface area contributed by atoms with Gasteiger partial charge in [-0.25, -0.2) is 0 Å². The quantitative estimate of drug-likeness (QED) is 0.557. The number of hydrogen-bond acceptors (Lipinski definition) is 7. The SMILES string of the molecule is CCc1ccccc1NC(=O)CSC1=C(C#N)[C@H](c2cc(OC)c(OC)c(OC)c2)CC(=O)N1. The minimum absolute atomic E-state index is 0.0425. The van der Waals surface area contributed by atoms with E-state index in [-0.39, 0.29) is 24.0 Å². The molecule has 0 fully saturated rings. The second kappa shape index (κ2) is 11.5. The molecule has 2 amide bonds. The highest BCUT2D eigenvalue weighted by Crippen LogP contribution is 2.44. The summed E-state index contributed by atoms with van der Waals surface area (Å²) >= 11 is 1.13. The summed E-state index contributed by atoms with van der Waals surface area (Å²) in [6.07, 6.45) is 0.877. The summed E-state index contributed by atoms with van der Waals surface area (Å²) in [5, 5.41) is 16.0. The molecule has 0 radical (unpaired) electrons. The zero-order valence-corrected chi connectivity index (χ0v) is 20.4. The lowest BCUT2D eigenvalue weighted by Crippen LogP contribution is -2.31. The highest BCUT2D eigenvalue weighted by atomic mass is 32.2. The zero-order valence-electron chi connectivity index (χ0n) is 19.6. The van der Waals surface area contributed by atoms with Crippen LogP contribution in [-0.4, -0.2) is 38.9 Å². The number of nitriles is 1. The van der Waals surface area contributed by atoms with E-state index in [9.17, 15) is 14.9 Å². The molecule has 0 aliphatic carbocycles. The van der Waals surface area contributed by atoms with Gasteiger partial charge in [-0.3, -0.25) is 9.59 Å². The number of allylic oxidation sites excluding steroid dienone is 1. The minimum Gasteiger partial charge on any atom is -0.493 e. The Morgan fingerprint density at radius 2 is 1.85 bits per heavy atom. The van der Waals surface area contributed by atoms with Crippen LogP contribution in [0.2, 0.25) is 0 Å². The monoisotopic (exact) mass is 481 g/mol. The number of ether oxygens (including phenoxy) is 3. The van der Waals surface area contributed by atoms with Crippen LogP contribution in [0.5, 0.6) is 17.2 Å². The van der Waals surface area contributed by atoms with Crippen molar-refractivity contribution in [1.29, 1.82) is 5.26 Å². The third-order valence-electron chi connectivity index (χ3n) is 5.47. The Morgan fingerprint density at radius 1 is 1.18 bits per heavy atom. The van der Waals surface area contributed by atoms with Crippen LogP contribution in [0.4, 0.5) is 5.69 Å². The molecule has 34 heavy (non-hydrogen) atoms. The molecule has 0 saturated heterocycles. The molecule has 1 aliphatic rings. The molecule has 0 saturated carbocycles. The molecule has 1 aliphatic heterocycles. The predicted octanol–water partition coefficient (Wildman–Crippen LogP) is 3.99. The van der Waals surface area contributed by atoms with Gasteiger partial charge in [-0.15, -0.1) is 0 Å². The molecule has 2 aromatic carbocycles. The minimum atomic E-state index is -0.515. The van der Waals surface area contributed by atoms with Gasteiger partial charge in [0.15, 0.2) is 11.5 Å². The molecule has 1 heterocycles. The molecule has 3 rings (SSSR count). The summed E-state index contributed by atoms with van der Waals surface area (Å²) in [7, 11) is 4.52. The van der Waals surface area contributed by atoms with E-state index in [0.29, 0.717) is 33.4 Å². The first kappa shape index (κ1) is 25.0. The number of nitrogens with zero attached hydrogens (tertiary/aromatic N) is 1. The Bertz CT molecular complexity index is 1130. The maximum Gasteiger partial charge on any atom is 0.234 e. The normalized spacial score (nSPS) is 15.3. The van der Waals surface area contributed by atoms with Crippen LogP contribution in [0.3, 0.4) is 0 Å². The summed E-state index contributed by atoms with van der Waals surface area (Å²) in [5.41, 5.74) is 2.85. The fourth-order valence-electron chi connectivity index (χ4n) is 3.79. The van der Waals surface area contributed by atoms with E-state index < -0.39 is 5.92 Å². The lowest BCUT2D eigenvalue weighted by atomic mass is 9.86. The highest BCUT2D eigenvalue weighted by molar-refractivity contribution is 8.03. The number of aryl methyl sites for hydroxylation is 1. The number of anilines is 1. The largest absolute Gasteiger partial charge is 0.493 e. The van der Waals surface area contributed by atoms with Gasteiger partial charge in [-0.05, 0) is 35.7 Å². The molecular formula is C25H27N3O5S. The highest BCUT2D eigenvalue weighted by Gasteiger charge is 2.31. The molecule has 9 heteroatoms. The Kier molecular flexibility index (Phi) is 8.44. The standard InChI is InChI=1S/C25H27N3O5S/c1-5-15-8-6-7-9-19(15)27-23(30)14-34-25-18(13-26)17(12-22(29)28-25)16-10-20(31-2)24(33-4)21(11-16)32-3/h6-11,17H,5,12,14H2,1-4H3,(H,27,30)(H,28,29)/t17-/m0/s1. The van der Waals surface area contributed by atoms with Crippen LogP contribution < -0.4 is 24.8 Å². The first-order valence-corrected chi connectivity index (χ1v) is 11.7. The van der Waals surface area contributed by atoms with Crippen LogP contribution in [0, 0.1) is 11.3 Å². The van der Waals surface area contributed by atoms with Gasteiger partial charge in [0.2, 0.25) is 17.6 Å².